The Morgan fingerprint density at radius 1 is 1.21 bits per heavy atom. The normalized spacial score (nSPS) is 17.5. The van der Waals surface area contributed by atoms with Crippen LogP contribution in [0.25, 0.3) is 0 Å². The molecule has 0 bridgehead atoms. The van der Waals surface area contributed by atoms with E-state index < -0.39 is 5.97 Å². The molecule has 0 unspecified atom stereocenters. The van der Waals surface area contributed by atoms with E-state index in [1.165, 1.54) is 0 Å². The Labute approximate surface area is 114 Å². The highest BCUT2D eigenvalue weighted by Crippen LogP contribution is 2.19. The number of aromatic carboxylic acids is 1. The maximum atomic E-state index is 11.1. The quantitative estimate of drug-likeness (QED) is 0.785. The van der Waals surface area contributed by atoms with Crippen LogP contribution in [-0.4, -0.2) is 37.7 Å². The lowest BCUT2D eigenvalue weighted by Gasteiger charge is -2.40. The number of carbonyl (C=O) groups excluding carboxylic acids is 1. The maximum absolute atomic E-state index is 11.1. The van der Waals surface area contributed by atoms with E-state index in [4.69, 9.17) is 0 Å². The Balaban J connectivity index is 2.12. The highest BCUT2D eigenvalue weighted by atomic mass is 16.4. The van der Waals surface area contributed by atoms with E-state index in [9.17, 15) is 9.90 Å². The van der Waals surface area contributed by atoms with Gasteiger partial charge in [-0.3, -0.25) is 0 Å². The van der Waals surface area contributed by atoms with Gasteiger partial charge in [0.25, 0.3) is 0 Å². The summed E-state index contributed by atoms with van der Waals surface area (Å²) in [4.78, 5) is 14.9. The van der Waals surface area contributed by atoms with Crippen molar-refractivity contribution in [2.75, 3.05) is 31.1 Å². The zero-order valence-corrected chi connectivity index (χ0v) is 11.9. The van der Waals surface area contributed by atoms with E-state index in [-0.39, 0.29) is 5.54 Å². The van der Waals surface area contributed by atoms with Crippen LogP contribution >= 0.6 is 0 Å². The lowest BCUT2D eigenvalue weighted by Crippen LogP contribution is -3.21. The number of para-hydroxylation sites is 1. The molecule has 0 radical (unpaired) electrons. The average molecular weight is 262 g/mol. The number of quaternary nitrogens is 1. The summed E-state index contributed by atoms with van der Waals surface area (Å²) in [5, 5.41) is 11.1. The standard InChI is InChI=1S/C15H22N2O2/c1-15(2,3)17-10-8-16(9-11-17)13-7-5-4-6-12(13)14(18)19/h4-7H,8-11H2,1-3H3,(H,18,19). The van der Waals surface area contributed by atoms with Gasteiger partial charge in [0.05, 0.1) is 37.7 Å². The van der Waals surface area contributed by atoms with Crippen LogP contribution < -0.4 is 14.9 Å². The third kappa shape index (κ3) is 3.07. The van der Waals surface area contributed by atoms with Crippen molar-refractivity contribution in [3.05, 3.63) is 29.8 Å². The largest absolute Gasteiger partial charge is 0.545 e. The van der Waals surface area contributed by atoms with Crippen LogP contribution in [0.15, 0.2) is 24.3 Å². The van der Waals surface area contributed by atoms with E-state index in [1.54, 1.807) is 17.0 Å². The third-order valence-electron chi connectivity index (χ3n) is 3.89. The van der Waals surface area contributed by atoms with Gasteiger partial charge < -0.3 is 19.7 Å². The van der Waals surface area contributed by atoms with Gasteiger partial charge >= 0.3 is 0 Å². The van der Waals surface area contributed by atoms with Crippen molar-refractivity contribution in [2.24, 2.45) is 0 Å². The van der Waals surface area contributed by atoms with Crippen LogP contribution in [0.2, 0.25) is 0 Å². The summed E-state index contributed by atoms with van der Waals surface area (Å²) in [6, 6.07) is 7.11. The van der Waals surface area contributed by atoms with Crippen LogP contribution in [0, 0.1) is 0 Å². The van der Waals surface area contributed by atoms with Gasteiger partial charge in [0.2, 0.25) is 0 Å². The van der Waals surface area contributed by atoms with Crippen molar-refractivity contribution in [1.82, 2.24) is 0 Å². The smallest absolute Gasteiger partial charge is 0.0953 e. The highest BCUT2D eigenvalue weighted by molar-refractivity contribution is 5.93. The number of benzene rings is 1. The number of piperazine rings is 1. The summed E-state index contributed by atoms with van der Waals surface area (Å²) >= 11 is 0. The molecule has 4 nitrogen and oxygen atoms in total. The molecule has 0 atom stereocenters. The molecule has 2 rings (SSSR count). The van der Waals surface area contributed by atoms with Crippen LogP contribution in [0.4, 0.5) is 5.69 Å². The number of hydrogen-bond acceptors (Lipinski definition) is 3. The van der Waals surface area contributed by atoms with Crippen LogP contribution in [-0.2, 0) is 0 Å². The first-order valence-corrected chi connectivity index (χ1v) is 6.80. The summed E-state index contributed by atoms with van der Waals surface area (Å²) in [7, 11) is 0. The number of carboxylic acid groups (broad SMARTS) is 1. The molecule has 1 saturated heterocycles. The SMILES string of the molecule is CC(C)(C)[NH+]1CCN(c2ccccc2C(=O)[O-])CC1. The molecule has 1 aliphatic heterocycles. The van der Waals surface area contributed by atoms with Gasteiger partial charge in [0, 0.05) is 11.3 Å². The van der Waals surface area contributed by atoms with E-state index >= 15 is 0 Å². The minimum absolute atomic E-state index is 0.250. The van der Waals surface area contributed by atoms with E-state index in [2.05, 4.69) is 25.7 Å². The Morgan fingerprint density at radius 3 is 2.32 bits per heavy atom. The molecule has 0 spiro atoms. The van der Waals surface area contributed by atoms with Gasteiger partial charge in [-0.1, -0.05) is 18.2 Å². The second-order valence-corrected chi connectivity index (χ2v) is 6.15. The van der Waals surface area contributed by atoms with Crippen LogP contribution in [0.3, 0.4) is 0 Å². The maximum Gasteiger partial charge on any atom is 0.0953 e. The van der Waals surface area contributed by atoms with Crippen molar-refractivity contribution in [3.63, 3.8) is 0 Å². The number of hydrogen-bond donors (Lipinski definition) is 1. The molecule has 0 amide bonds. The van der Waals surface area contributed by atoms with Gasteiger partial charge in [0.1, 0.15) is 0 Å². The topological polar surface area (TPSA) is 47.8 Å². The first-order chi connectivity index (χ1) is 8.89. The molecule has 1 fully saturated rings. The van der Waals surface area contributed by atoms with Crippen LogP contribution in [0.1, 0.15) is 31.1 Å². The summed E-state index contributed by atoms with van der Waals surface area (Å²) in [5.74, 6) is -1.10. The highest BCUT2D eigenvalue weighted by Gasteiger charge is 2.30. The van der Waals surface area contributed by atoms with Crippen molar-refractivity contribution >= 4 is 11.7 Å². The zero-order valence-electron chi connectivity index (χ0n) is 11.9. The fourth-order valence-corrected chi connectivity index (χ4v) is 2.69. The Bertz CT molecular complexity index is 457. The number of nitrogens with one attached hydrogen (secondary N) is 1. The summed E-state index contributed by atoms with van der Waals surface area (Å²) in [6.45, 7) is 10.6. The second-order valence-electron chi connectivity index (χ2n) is 6.15. The zero-order chi connectivity index (χ0) is 14.0. The molecule has 0 aromatic heterocycles. The Morgan fingerprint density at radius 2 is 1.79 bits per heavy atom. The number of carbonyl (C=O) groups is 1. The van der Waals surface area contributed by atoms with Crippen molar-refractivity contribution < 1.29 is 14.8 Å². The Hall–Kier alpha value is -1.55. The molecule has 0 aliphatic carbocycles. The van der Waals surface area contributed by atoms with Crippen LogP contribution in [0.5, 0.6) is 0 Å². The molecular weight excluding hydrogens is 240 g/mol. The fourth-order valence-electron chi connectivity index (χ4n) is 2.69. The fraction of sp³-hybridized carbons (Fsp3) is 0.533. The molecule has 104 valence electrons. The molecule has 19 heavy (non-hydrogen) atoms. The van der Waals surface area contributed by atoms with E-state index in [0.29, 0.717) is 5.56 Å². The molecule has 1 N–H and O–H groups in total. The number of carboxylic acids is 1. The van der Waals surface area contributed by atoms with E-state index in [1.807, 2.05) is 12.1 Å². The second kappa shape index (κ2) is 5.21. The van der Waals surface area contributed by atoms with Gasteiger partial charge in [-0.15, -0.1) is 0 Å². The number of rotatable bonds is 2. The molecule has 1 aromatic rings. The molecule has 0 saturated carbocycles. The molecule has 1 aromatic carbocycles. The predicted molar refractivity (Wildman–Crippen MR) is 73.4 cm³/mol. The number of nitrogens with zero attached hydrogens (tertiary/aromatic N) is 1. The summed E-state index contributed by atoms with van der Waals surface area (Å²) < 4.78 is 0. The Kier molecular flexibility index (Phi) is 3.80. The first kappa shape index (κ1) is 13.9. The van der Waals surface area contributed by atoms with Gasteiger partial charge in [0.15, 0.2) is 0 Å². The van der Waals surface area contributed by atoms with Gasteiger partial charge in [-0.2, -0.15) is 0 Å². The molecule has 4 heteroatoms. The minimum Gasteiger partial charge on any atom is -0.545 e. The number of anilines is 1. The first-order valence-electron chi connectivity index (χ1n) is 6.80. The monoisotopic (exact) mass is 262 g/mol. The lowest BCUT2D eigenvalue weighted by atomic mass is 10.0. The van der Waals surface area contributed by atoms with Crippen molar-refractivity contribution in [2.45, 2.75) is 26.3 Å². The molecule has 1 aliphatic rings. The summed E-state index contributed by atoms with van der Waals surface area (Å²) in [6.07, 6.45) is 0. The van der Waals surface area contributed by atoms with Gasteiger partial charge in [-0.05, 0) is 26.8 Å². The predicted octanol–water partition coefficient (Wildman–Crippen LogP) is -0.446. The third-order valence-corrected chi connectivity index (χ3v) is 3.89. The van der Waals surface area contributed by atoms with Gasteiger partial charge in [-0.25, -0.2) is 0 Å². The molecular formula is C15H22N2O2. The van der Waals surface area contributed by atoms with Crippen molar-refractivity contribution in [1.29, 1.82) is 0 Å². The van der Waals surface area contributed by atoms with Crippen molar-refractivity contribution in [3.8, 4) is 0 Å². The van der Waals surface area contributed by atoms with E-state index in [0.717, 1.165) is 31.9 Å². The minimum atomic E-state index is -1.10. The lowest BCUT2D eigenvalue weighted by molar-refractivity contribution is -0.947. The average Bonchev–Trinajstić information content (AvgIpc) is 2.38. The summed E-state index contributed by atoms with van der Waals surface area (Å²) in [5.41, 5.74) is 1.33. The molecule has 1 heterocycles.